The van der Waals surface area contributed by atoms with Crippen molar-refractivity contribution >= 4 is 41.5 Å². The van der Waals surface area contributed by atoms with Gasteiger partial charge in [-0.15, -0.1) is 24.0 Å². The van der Waals surface area contributed by atoms with Crippen molar-refractivity contribution in [3.05, 3.63) is 34.9 Å². The van der Waals surface area contributed by atoms with Gasteiger partial charge in [0.2, 0.25) is 0 Å². The summed E-state index contributed by atoms with van der Waals surface area (Å²) in [6, 6.07) is 8.56. The quantitative estimate of drug-likeness (QED) is 0.211. The SMILES string of the molecule is CCNC(=NCCCc1ccccc1Cl)NC1CCN(CCCOC)CC1.I. The Morgan fingerprint density at radius 2 is 2.00 bits per heavy atom. The molecule has 0 aromatic heterocycles. The average molecular weight is 523 g/mol. The Kier molecular flexibility index (Phi) is 13.9. The predicted molar refractivity (Wildman–Crippen MR) is 130 cm³/mol. The molecule has 0 amide bonds. The number of ether oxygens (including phenoxy) is 1. The number of hydrogen-bond donors (Lipinski definition) is 2. The summed E-state index contributed by atoms with van der Waals surface area (Å²) in [7, 11) is 1.77. The van der Waals surface area contributed by atoms with Gasteiger partial charge in [0.05, 0.1) is 0 Å². The highest BCUT2D eigenvalue weighted by Crippen LogP contribution is 2.16. The Morgan fingerprint density at radius 3 is 2.68 bits per heavy atom. The van der Waals surface area contributed by atoms with Gasteiger partial charge in [0.15, 0.2) is 5.96 Å². The summed E-state index contributed by atoms with van der Waals surface area (Å²) < 4.78 is 5.14. The molecule has 28 heavy (non-hydrogen) atoms. The molecule has 0 bridgehead atoms. The normalized spacial score (nSPS) is 15.9. The molecule has 0 saturated carbocycles. The van der Waals surface area contributed by atoms with E-state index in [-0.39, 0.29) is 24.0 Å². The zero-order chi connectivity index (χ0) is 19.3. The number of likely N-dealkylation sites (tertiary alicyclic amines) is 1. The van der Waals surface area contributed by atoms with Crippen LogP contribution in [0.1, 0.15) is 38.2 Å². The minimum Gasteiger partial charge on any atom is -0.385 e. The number of guanidine groups is 1. The third-order valence-electron chi connectivity index (χ3n) is 4.93. The lowest BCUT2D eigenvalue weighted by molar-refractivity contribution is 0.155. The van der Waals surface area contributed by atoms with Gasteiger partial charge in [-0.1, -0.05) is 29.8 Å². The van der Waals surface area contributed by atoms with Gasteiger partial charge in [-0.05, 0) is 50.7 Å². The first-order valence-corrected chi connectivity index (χ1v) is 10.6. The number of nitrogens with zero attached hydrogens (tertiary/aromatic N) is 2. The van der Waals surface area contributed by atoms with E-state index in [0.29, 0.717) is 6.04 Å². The van der Waals surface area contributed by atoms with E-state index in [0.717, 1.165) is 82.4 Å². The van der Waals surface area contributed by atoms with Gasteiger partial charge in [-0.2, -0.15) is 0 Å². The van der Waals surface area contributed by atoms with Crippen LogP contribution in [0.4, 0.5) is 0 Å². The molecular formula is C21H36ClIN4O. The number of nitrogens with one attached hydrogen (secondary N) is 2. The molecule has 2 N–H and O–H groups in total. The van der Waals surface area contributed by atoms with Crippen molar-refractivity contribution < 1.29 is 4.74 Å². The lowest BCUT2D eigenvalue weighted by Gasteiger charge is -2.33. The van der Waals surface area contributed by atoms with Crippen LogP contribution < -0.4 is 10.6 Å². The van der Waals surface area contributed by atoms with Gasteiger partial charge in [-0.25, -0.2) is 0 Å². The van der Waals surface area contributed by atoms with Crippen LogP contribution in [0.3, 0.4) is 0 Å². The standard InChI is InChI=1S/C21H35ClN4O.HI/c1-3-23-21(24-13-6-9-18-8-4-5-10-20(18)22)25-19-11-15-26(16-12-19)14-7-17-27-2;/h4-5,8,10,19H,3,6-7,9,11-17H2,1-2H3,(H2,23,24,25);1H. The Balaban J connectivity index is 0.00000392. The van der Waals surface area contributed by atoms with Crippen LogP contribution in [-0.2, 0) is 11.2 Å². The van der Waals surface area contributed by atoms with Gasteiger partial charge in [0.1, 0.15) is 0 Å². The zero-order valence-corrected chi connectivity index (χ0v) is 20.3. The molecule has 1 fully saturated rings. The molecule has 160 valence electrons. The highest BCUT2D eigenvalue weighted by Gasteiger charge is 2.19. The highest BCUT2D eigenvalue weighted by atomic mass is 127. The smallest absolute Gasteiger partial charge is 0.191 e. The average Bonchev–Trinajstić information content (AvgIpc) is 2.68. The summed E-state index contributed by atoms with van der Waals surface area (Å²) in [5.41, 5.74) is 1.20. The number of benzene rings is 1. The van der Waals surface area contributed by atoms with E-state index in [1.807, 2.05) is 18.2 Å². The van der Waals surface area contributed by atoms with Crippen molar-refractivity contribution in [1.29, 1.82) is 0 Å². The van der Waals surface area contributed by atoms with Crippen molar-refractivity contribution in [3.63, 3.8) is 0 Å². The molecule has 0 spiro atoms. The van der Waals surface area contributed by atoms with Crippen molar-refractivity contribution in [2.45, 2.75) is 45.1 Å². The fourth-order valence-corrected chi connectivity index (χ4v) is 3.64. The van der Waals surface area contributed by atoms with Crippen LogP contribution >= 0.6 is 35.6 Å². The van der Waals surface area contributed by atoms with Crippen molar-refractivity contribution in [1.82, 2.24) is 15.5 Å². The molecule has 0 atom stereocenters. The number of aliphatic imine (C=N–C) groups is 1. The molecule has 1 heterocycles. The number of aryl methyl sites for hydroxylation is 1. The monoisotopic (exact) mass is 522 g/mol. The second kappa shape index (κ2) is 15.3. The molecule has 1 aliphatic rings. The summed E-state index contributed by atoms with van der Waals surface area (Å²) in [6.45, 7) is 8.07. The molecule has 1 aliphatic heterocycles. The Morgan fingerprint density at radius 1 is 1.25 bits per heavy atom. The first kappa shape index (κ1) is 25.5. The maximum absolute atomic E-state index is 6.22. The van der Waals surface area contributed by atoms with E-state index in [1.165, 1.54) is 5.56 Å². The largest absolute Gasteiger partial charge is 0.385 e. The van der Waals surface area contributed by atoms with E-state index in [2.05, 4.69) is 28.5 Å². The number of methoxy groups -OCH3 is 1. The van der Waals surface area contributed by atoms with E-state index in [9.17, 15) is 0 Å². The van der Waals surface area contributed by atoms with Crippen molar-refractivity contribution in [2.75, 3.05) is 46.4 Å². The topological polar surface area (TPSA) is 48.9 Å². The maximum Gasteiger partial charge on any atom is 0.191 e. The van der Waals surface area contributed by atoms with E-state index < -0.39 is 0 Å². The van der Waals surface area contributed by atoms with Crippen LogP contribution in [-0.4, -0.2) is 63.3 Å². The van der Waals surface area contributed by atoms with E-state index >= 15 is 0 Å². The maximum atomic E-state index is 6.22. The number of rotatable bonds is 10. The molecule has 1 aromatic rings. The third-order valence-corrected chi connectivity index (χ3v) is 5.30. The van der Waals surface area contributed by atoms with Gasteiger partial charge in [-0.3, -0.25) is 4.99 Å². The van der Waals surface area contributed by atoms with Crippen molar-refractivity contribution in [2.24, 2.45) is 4.99 Å². The fraction of sp³-hybridized carbons (Fsp3) is 0.667. The minimum absolute atomic E-state index is 0. The van der Waals surface area contributed by atoms with Gasteiger partial charge >= 0.3 is 0 Å². The van der Waals surface area contributed by atoms with E-state index in [1.54, 1.807) is 7.11 Å². The minimum atomic E-state index is 0. The van der Waals surface area contributed by atoms with Crippen molar-refractivity contribution in [3.8, 4) is 0 Å². The van der Waals surface area contributed by atoms with Crippen LogP contribution in [0, 0.1) is 0 Å². The first-order chi connectivity index (χ1) is 13.2. The lowest BCUT2D eigenvalue weighted by Crippen LogP contribution is -2.48. The van der Waals surface area contributed by atoms with Crippen LogP contribution in [0.25, 0.3) is 0 Å². The summed E-state index contributed by atoms with van der Waals surface area (Å²) in [6.07, 6.45) is 5.40. The molecule has 1 saturated heterocycles. The molecule has 5 nitrogen and oxygen atoms in total. The molecule has 0 radical (unpaired) electrons. The highest BCUT2D eigenvalue weighted by molar-refractivity contribution is 14.0. The van der Waals surface area contributed by atoms with Crippen LogP contribution in [0.2, 0.25) is 5.02 Å². The number of piperidine rings is 1. The van der Waals surface area contributed by atoms with E-state index in [4.69, 9.17) is 21.3 Å². The first-order valence-electron chi connectivity index (χ1n) is 10.2. The Hall–Kier alpha value is -0.570. The second-order valence-corrected chi connectivity index (χ2v) is 7.47. The fourth-order valence-electron chi connectivity index (χ4n) is 3.41. The molecule has 0 aliphatic carbocycles. The zero-order valence-electron chi connectivity index (χ0n) is 17.3. The molecule has 7 heteroatoms. The lowest BCUT2D eigenvalue weighted by atomic mass is 10.1. The molecule has 2 rings (SSSR count). The molecular weight excluding hydrogens is 487 g/mol. The number of halogens is 2. The Bertz CT molecular complexity index is 565. The van der Waals surface area contributed by atoms with Crippen LogP contribution in [0.5, 0.6) is 0 Å². The molecule has 0 unspecified atom stereocenters. The summed E-state index contributed by atoms with van der Waals surface area (Å²) >= 11 is 6.22. The van der Waals surface area contributed by atoms with Gasteiger partial charge < -0.3 is 20.3 Å². The summed E-state index contributed by atoms with van der Waals surface area (Å²) in [5.74, 6) is 0.939. The third kappa shape index (κ3) is 9.76. The summed E-state index contributed by atoms with van der Waals surface area (Å²) in [5, 5.41) is 7.84. The summed E-state index contributed by atoms with van der Waals surface area (Å²) in [4.78, 5) is 7.29. The predicted octanol–water partition coefficient (Wildman–Crippen LogP) is 3.95. The van der Waals surface area contributed by atoms with Gasteiger partial charge in [0, 0.05) is 57.5 Å². The van der Waals surface area contributed by atoms with Crippen LogP contribution in [0.15, 0.2) is 29.3 Å². The number of hydrogen-bond acceptors (Lipinski definition) is 3. The Labute approximate surface area is 192 Å². The van der Waals surface area contributed by atoms with Gasteiger partial charge in [0.25, 0.3) is 0 Å². The second-order valence-electron chi connectivity index (χ2n) is 7.06. The molecule has 1 aromatic carbocycles.